The first kappa shape index (κ1) is 17.4. The van der Waals surface area contributed by atoms with Crippen molar-refractivity contribution in [1.82, 2.24) is 15.6 Å². The van der Waals surface area contributed by atoms with E-state index in [0.717, 1.165) is 55.2 Å². The number of carbonyl (C=O) groups excluding carboxylic acids is 1. The number of aliphatic hydroxyl groups is 1. The van der Waals surface area contributed by atoms with E-state index < -0.39 is 0 Å². The maximum atomic E-state index is 13.1. The van der Waals surface area contributed by atoms with Crippen molar-refractivity contribution in [2.45, 2.75) is 44.8 Å². The summed E-state index contributed by atoms with van der Waals surface area (Å²) in [7, 11) is 0. The molecule has 3 N–H and O–H groups in total. The molecule has 1 aliphatic heterocycles. The number of rotatable bonds is 4. The van der Waals surface area contributed by atoms with Crippen LogP contribution in [0, 0.1) is 11.3 Å². The predicted octanol–water partition coefficient (Wildman–Crippen LogP) is 2.55. The van der Waals surface area contributed by atoms with Crippen molar-refractivity contribution in [3.63, 3.8) is 0 Å². The van der Waals surface area contributed by atoms with E-state index in [1.165, 1.54) is 0 Å². The van der Waals surface area contributed by atoms with Gasteiger partial charge < -0.3 is 15.7 Å². The van der Waals surface area contributed by atoms with Gasteiger partial charge in [0.15, 0.2) is 0 Å². The highest BCUT2D eigenvalue weighted by molar-refractivity contribution is 5.83. The summed E-state index contributed by atoms with van der Waals surface area (Å²) in [5, 5.41) is 17.5. The summed E-state index contributed by atoms with van der Waals surface area (Å²) in [4.78, 5) is 17.6. The molecule has 0 spiro atoms. The van der Waals surface area contributed by atoms with Crippen molar-refractivity contribution in [3.05, 3.63) is 42.1 Å². The van der Waals surface area contributed by atoms with Crippen LogP contribution >= 0.6 is 0 Å². The first-order chi connectivity index (χ1) is 12.5. The summed E-state index contributed by atoms with van der Waals surface area (Å²) in [6.07, 6.45) is 4.81. The van der Waals surface area contributed by atoms with Crippen LogP contribution in [-0.2, 0) is 4.79 Å². The minimum Gasteiger partial charge on any atom is -0.393 e. The van der Waals surface area contributed by atoms with E-state index in [1.54, 1.807) is 0 Å². The number of benzene rings is 1. The van der Waals surface area contributed by atoms with Crippen molar-refractivity contribution < 1.29 is 9.90 Å². The number of fused-ring (bicyclic) bond motifs is 1. The van der Waals surface area contributed by atoms with Gasteiger partial charge in [-0.15, -0.1) is 0 Å². The van der Waals surface area contributed by atoms with E-state index in [-0.39, 0.29) is 29.4 Å². The number of aliphatic hydroxyl groups excluding tert-OH is 1. The molecule has 2 aromatic rings. The van der Waals surface area contributed by atoms with Gasteiger partial charge >= 0.3 is 0 Å². The fourth-order valence-electron chi connectivity index (χ4n) is 4.15. The van der Waals surface area contributed by atoms with Crippen molar-refractivity contribution in [2.24, 2.45) is 11.3 Å². The second-order valence-corrected chi connectivity index (χ2v) is 8.11. The van der Waals surface area contributed by atoms with Gasteiger partial charge in [0.1, 0.15) is 0 Å². The molecule has 2 heterocycles. The Hall–Kier alpha value is -1.98. The second-order valence-electron chi connectivity index (χ2n) is 8.11. The Morgan fingerprint density at radius 1 is 1.31 bits per heavy atom. The molecule has 0 radical (unpaired) electrons. The van der Waals surface area contributed by atoms with Crippen LogP contribution < -0.4 is 10.6 Å². The lowest BCUT2D eigenvalue weighted by Crippen LogP contribution is -2.49. The van der Waals surface area contributed by atoms with Crippen molar-refractivity contribution >= 4 is 16.8 Å². The molecule has 1 aromatic heterocycles. The van der Waals surface area contributed by atoms with Crippen molar-refractivity contribution in [3.8, 4) is 0 Å². The van der Waals surface area contributed by atoms with Crippen LogP contribution in [0.2, 0.25) is 0 Å². The van der Waals surface area contributed by atoms with Crippen LogP contribution in [0.4, 0.5) is 0 Å². The monoisotopic (exact) mass is 353 g/mol. The summed E-state index contributed by atoms with van der Waals surface area (Å²) in [6, 6.07) is 10.1. The first-order valence-electron chi connectivity index (χ1n) is 9.60. The van der Waals surface area contributed by atoms with E-state index in [9.17, 15) is 9.90 Å². The Morgan fingerprint density at radius 3 is 2.77 bits per heavy atom. The number of amides is 1. The van der Waals surface area contributed by atoms with Crippen LogP contribution in [0.3, 0.4) is 0 Å². The molecule has 5 nitrogen and oxygen atoms in total. The van der Waals surface area contributed by atoms with Gasteiger partial charge in [-0.2, -0.15) is 0 Å². The number of carbonyl (C=O) groups is 1. The quantitative estimate of drug-likeness (QED) is 0.790. The summed E-state index contributed by atoms with van der Waals surface area (Å²) in [5.41, 5.74) is 1.67. The zero-order valence-corrected chi connectivity index (χ0v) is 15.2. The SMILES string of the molecule is CC1(C(=O)N[C@H](c2cnc3ccccc3c2)C2CC(O)C2)CCNCC1. The number of para-hydroxylation sites is 1. The zero-order valence-electron chi connectivity index (χ0n) is 15.2. The van der Waals surface area contributed by atoms with Gasteiger partial charge in [0.2, 0.25) is 5.91 Å². The molecule has 0 unspecified atom stereocenters. The Balaban J connectivity index is 1.60. The van der Waals surface area contributed by atoms with Crippen molar-refractivity contribution in [2.75, 3.05) is 13.1 Å². The smallest absolute Gasteiger partial charge is 0.226 e. The molecule has 2 aliphatic rings. The van der Waals surface area contributed by atoms with Crippen LogP contribution in [-0.4, -0.2) is 35.2 Å². The molecule has 1 aliphatic carbocycles. The molecule has 138 valence electrons. The molecule has 26 heavy (non-hydrogen) atoms. The number of nitrogens with zero attached hydrogens (tertiary/aromatic N) is 1. The molecule has 2 fully saturated rings. The molecule has 0 bridgehead atoms. The molecule has 4 rings (SSSR count). The number of nitrogens with one attached hydrogen (secondary N) is 2. The van der Waals surface area contributed by atoms with Crippen LogP contribution in [0.1, 0.15) is 44.2 Å². The standard InChI is InChI=1S/C21H27N3O2/c1-21(6-8-22-9-7-21)20(26)24-19(15-11-17(25)12-15)16-10-14-4-2-3-5-18(14)23-13-16/h2-5,10,13,15,17,19,22,25H,6-9,11-12H2,1H3,(H,24,26)/t15?,17?,19-/m0/s1. The Bertz CT molecular complexity index is 795. The zero-order chi connectivity index (χ0) is 18.1. The topological polar surface area (TPSA) is 74.2 Å². The van der Waals surface area contributed by atoms with E-state index in [4.69, 9.17) is 0 Å². The maximum absolute atomic E-state index is 13.1. The number of hydrogen-bond acceptors (Lipinski definition) is 4. The Morgan fingerprint density at radius 2 is 2.04 bits per heavy atom. The molecular formula is C21H27N3O2. The lowest BCUT2D eigenvalue weighted by molar-refractivity contribution is -0.133. The molecule has 5 heteroatoms. The summed E-state index contributed by atoms with van der Waals surface area (Å²) >= 11 is 0. The number of pyridine rings is 1. The third-order valence-electron chi connectivity index (χ3n) is 6.13. The highest BCUT2D eigenvalue weighted by Gasteiger charge is 2.40. The fourth-order valence-corrected chi connectivity index (χ4v) is 4.15. The van der Waals surface area contributed by atoms with E-state index in [1.807, 2.05) is 24.4 Å². The van der Waals surface area contributed by atoms with Crippen LogP contribution in [0.5, 0.6) is 0 Å². The highest BCUT2D eigenvalue weighted by atomic mass is 16.3. The summed E-state index contributed by atoms with van der Waals surface area (Å²) < 4.78 is 0. The molecule has 1 saturated carbocycles. The van der Waals surface area contributed by atoms with Crippen molar-refractivity contribution in [1.29, 1.82) is 0 Å². The van der Waals surface area contributed by atoms with Gasteiger partial charge in [0.05, 0.1) is 17.7 Å². The molecule has 1 amide bonds. The molecule has 1 aromatic carbocycles. The van der Waals surface area contributed by atoms with Crippen LogP contribution in [0.15, 0.2) is 36.5 Å². The van der Waals surface area contributed by atoms with E-state index in [0.29, 0.717) is 0 Å². The normalized spacial score (nSPS) is 26.1. The van der Waals surface area contributed by atoms with Crippen LogP contribution in [0.25, 0.3) is 10.9 Å². The maximum Gasteiger partial charge on any atom is 0.226 e. The Labute approximate surface area is 154 Å². The average Bonchev–Trinajstić information content (AvgIpc) is 2.64. The lowest BCUT2D eigenvalue weighted by atomic mass is 9.74. The van der Waals surface area contributed by atoms with E-state index in [2.05, 4.69) is 34.7 Å². The molecule has 1 saturated heterocycles. The van der Waals surface area contributed by atoms with E-state index >= 15 is 0 Å². The van der Waals surface area contributed by atoms with Gasteiger partial charge in [0, 0.05) is 17.0 Å². The largest absolute Gasteiger partial charge is 0.393 e. The number of piperidine rings is 1. The number of hydrogen-bond donors (Lipinski definition) is 3. The highest BCUT2D eigenvalue weighted by Crippen LogP contribution is 2.39. The van der Waals surface area contributed by atoms with Gasteiger partial charge in [-0.25, -0.2) is 0 Å². The molecule has 1 atom stereocenters. The van der Waals surface area contributed by atoms with Gasteiger partial charge in [0.25, 0.3) is 0 Å². The minimum absolute atomic E-state index is 0.0882. The first-order valence-corrected chi connectivity index (χ1v) is 9.60. The minimum atomic E-state index is -0.323. The second kappa shape index (κ2) is 6.97. The lowest BCUT2D eigenvalue weighted by Gasteiger charge is -2.41. The molecular weight excluding hydrogens is 326 g/mol. The predicted molar refractivity (Wildman–Crippen MR) is 102 cm³/mol. The number of aromatic nitrogens is 1. The third kappa shape index (κ3) is 3.33. The average molecular weight is 353 g/mol. The van der Waals surface area contributed by atoms with Gasteiger partial charge in [-0.05, 0) is 62.4 Å². The summed E-state index contributed by atoms with van der Waals surface area (Å²) in [6.45, 7) is 3.83. The Kier molecular flexibility index (Phi) is 4.67. The summed E-state index contributed by atoms with van der Waals surface area (Å²) in [5.74, 6) is 0.390. The fraction of sp³-hybridized carbons (Fsp3) is 0.524. The third-order valence-corrected chi connectivity index (χ3v) is 6.13. The van der Waals surface area contributed by atoms with Gasteiger partial charge in [-0.3, -0.25) is 9.78 Å². The van der Waals surface area contributed by atoms with Gasteiger partial charge in [-0.1, -0.05) is 25.1 Å².